The smallest absolute Gasteiger partial charge is 0.0832 e. The summed E-state index contributed by atoms with van der Waals surface area (Å²) in [6, 6.07) is 0. The Kier molecular flexibility index (Phi) is 19.9. The minimum Gasteiger partial charge on any atom is -0.166 e. The van der Waals surface area contributed by atoms with Gasteiger partial charge in [-0.3, -0.25) is 0 Å². The van der Waals surface area contributed by atoms with Crippen LogP contribution >= 0.6 is 23.7 Å². The van der Waals surface area contributed by atoms with Crippen LogP contribution in [0.5, 0.6) is 0 Å². The molecular formula is Cl2ORh. The topological polar surface area (TPSA) is 9.23 Å². The third-order valence-corrected chi connectivity index (χ3v) is 0. The van der Waals surface area contributed by atoms with E-state index >= 15 is 0 Å². The van der Waals surface area contributed by atoms with E-state index in [-0.39, 0.29) is 19.5 Å². The van der Waals surface area contributed by atoms with Gasteiger partial charge in [0.05, 0.1) is 23.7 Å². The van der Waals surface area contributed by atoms with Crippen LogP contribution in [0, 0.1) is 0 Å². The molecule has 1 nitrogen and oxygen atoms in total. The number of hydrogen-bond acceptors (Lipinski definition) is 1. The zero-order valence-corrected chi connectivity index (χ0v) is 4.65. The average molecular weight is 190 g/mol. The molecule has 4 heteroatoms. The molecule has 0 saturated heterocycles. The Hall–Kier alpha value is 1.16. The summed E-state index contributed by atoms with van der Waals surface area (Å²) in [6.07, 6.45) is 0. The number of halogens is 2. The van der Waals surface area contributed by atoms with Crippen LogP contribution in [-0.2, 0) is 23.3 Å². The fourth-order valence-corrected chi connectivity index (χ4v) is 0. The van der Waals surface area contributed by atoms with E-state index in [1.165, 1.54) is 0 Å². The van der Waals surface area contributed by atoms with Crippen LogP contribution in [0.25, 0.3) is 0 Å². The molecule has 4 heavy (non-hydrogen) atoms. The summed E-state index contributed by atoms with van der Waals surface area (Å²) in [5.41, 5.74) is 0. The fraction of sp³-hybridized carbons (Fsp3) is 0. The van der Waals surface area contributed by atoms with Crippen molar-refractivity contribution in [1.29, 1.82) is 0 Å². The van der Waals surface area contributed by atoms with Crippen molar-refractivity contribution in [1.82, 2.24) is 0 Å². The molecule has 0 saturated carbocycles. The maximum Gasteiger partial charge on any atom is 0.0832 e. The molecule has 0 aliphatic rings. The third kappa shape index (κ3) is 10.9. The predicted molar refractivity (Wildman–Crippen MR) is 12.8 cm³/mol. The first kappa shape index (κ1) is 8.94. The molecule has 0 aliphatic carbocycles. The van der Waals surface area contributed by atoms with Gasteiger partial charge >= 0.3 is 0 Å². The normalized spacial score (nSPS) is 4.50. The second-order valence-corrected chi connectivity index (χ2v) is 0.525. The predicted octanol–water partition coefficient (Wildman–Crippen LogP) is 1.31. The van der Waals surface area contributed by atoms with Gasteiger partial charge in [0.15, 0.2) is 0 Å². The van der Waals surface area contributed by atoms with Crippen LogP contribution in [0.1, 0.15) is 0 Å². The van der Waals surface area contributed by atoms with Gasteiger partial charge in [0.25, 0.3) is 0 Å². The molecule has 0 unspecified atom stereocenters. The molecule has 0 atom stereocenters. The van der Waals surface area contributed by atoms with Crippen LogP contribution in [0.3, 0.4) is 0 Å². The maximum atomic E-state index is 4.26. The van der Waals surface area contributed by atoms with E-state index in [1.807, 2.05) is 0 Å². The van der Waals surface area contributed by atoms with E-state index in [1.54, 1.807) is 0 Å². The van der Waals surface area contributed by atoms with Crippen molar-refractivity contribution in [2.24, 2.45) is 0 Å². The van der Waals surface area contributed by atoms with Crippen LogP contribution in [-0.4, -0.2) is 0 Å². The van der Waals surface area contributed by atoms with E-state index in [9.17, 15) is 0 Å². The minimum atomic E-state index is 0. The van der Waals surface area contributed by atoms with E-state index in [0.717, 1.165) is 0 Å². The van der Waals surface area contributed by atoms with Gasteiger partial charge in [-0.05, 0) is 0 Å². The van der Waals surface area contributed by atoms with Gasteiger partial charge in [-0.2, -0.15) is 3.84 Å². The van der Waals surface area contributed by atoms with Gasteiger partial charge in [0, 0.05) is 19.5 Å². The summed E-state index contributed by atoms with van der Waals surface area (Å²) in [7, 11) is 0. The van der Waals surface area contributed by atoms with Crippen LogP contribution in [0.2, 0.25) is 0 Å². The Morgan fingerprint density at radius 1 is 1.25 bits per heavy atom. The average Bonchev–Trinajstić information content (AvgIpc) is 0.918. The Balaban J connectivity index is 0. The Morgan fingerprint density at radius 2 is 1.25 bits per heavy atom. The SMILES string of the molecule is ClOCl.[Rh]. The molecule has 0 spiro atoms. The zero-order valence-electron chi connectivity index (χ0n) is 1.50. The van der Waals surface area contributed by atoms with E-state index < -0.39 is 0 Å². The molecule has 29 valence electrons. The molecule has 0 aromatic rings. The monoisotopic (exact) mass is 189 g/mol. The van der Waals surface area contributed by atoms with E-state index in [0.29, 0.717) is 0 Å². The largest absolute Gasteiger partial charge is 0.166 e. The van der Waals surface area contributed by atoms with E-state index in [4.69, 9.17) is 0 Å². The van der Waals surface area contributed by atoms with Gasteiger partial charge in [0.2, 0.25) is 0 Å². The van der Waals surface area contributed by atoms with Gasteiger partial charge in [0.1, 0.15) is 0 Å². The number of hydrogen-bond donors (Lipinski definition) is 0. The van der Waals surface area contributed by atoms with Crippen LogP contribution in [0.15, 0.2) is 0 Å². The molecule has 0 N–H and O–H groups in total. The fourth-order valence-electron chi connectivity index (χ4n) is 0. The number of rotatable bonds is 0. The summed E-state index contributed by atoms with van der Waals surface area (Å²) >= 11 is 8.53. The Morgan fingerprint density at radius 3 is 1.25 bits per heavy atom. The van der Waals surface area contributed by atoms with E-state index in [2.05, 4.69) is 27.6 Å². The second-order valence-electron chi connectivity index (χ2n) is 0.0583. The molecule has 0 aliphatic heterocycles. The first-order valence-electron chi connectivity index (χ1n) is 0.309. The molecule has 0 fully saturated rings. The Labute approximate surface area is 47.3 Å². The quantitative estimate of drug-likeness (QED) is 0.523. The summed E-state index contributed by atoms with van der Waals surface area (Å²) in [5.74, 6) is 0. The van der Waals surface area contributed by atoms with Crippen molar-refractivity contribution in [3.8, 4) is 0 Å². The molecule has 1 radical (unpaired) electrons. The molecule has 0 amide bonds. The molecule has 0 rings (SSSR count). The summed E-state index contributed by atoms with van der Waals surface area (Å²) in [6.45, 7) is 0. The van der Waals surface area contributed by atoms with Crippen LogP contribution in [0.4, 0.5) is 0 Å². The molecular weight excluding hydrogens is 190 g/mol. The minimum absolute atomic E-state index is 0. The van der Waals surface area contributed by atoms with Gasteiger partial charge in [-0.1, -0.05) is 0 Å². The van der Waals surface area contributed by atoms with Crippen molar-refractivity contribution in [2.75, 3.05) is 0 Å². The second kappa shape index (κ2) is 8.90. The first-order chi connectivity index (χ1) is 1.41. The van der Waals surface area contributed by atoms with Gasteiger partial charge < -0.3 is 0 Å². The van der Waals surface area contributed by atoms with Gasteiger partial charge in [-0.15, -0.1) is 0 Å². The summed E-state index contributed by atoms with van der Waals surface area (Å²) in [5, 5.41) is 0. The van der Waals surface area contributed by atoms with Crippen molar-refractivity contribution >= 4 is 23.7 Å². The van der Waals surface area contributed by atoms with Crippen molar-refractivity contribution in [3.63, 3.8) is 0 Å². The summed E-state index contributed by atoms with van der Waals surface area (Å²) < 4.78 is 3.19. The first-order valence-corrected chi connectivity index (χ1v) is 0.926. The zero-order chi connectivity index (χ0) is 2.71. The molecule has 0 bridgehead atoms. The molecule has 0 heterocycles. The summed E-state index contributed by atoms with van der Waals surface area (Å²) in [4.78, 5) is 0. The maximum absolute atomic E-state index is 4.26. The van der Waals surface area contributed by atoms with Crippen molar-refractivity contribution in [3.05, 3.63) is 0 Å². The molecule has 0 aromatic heterocycles. The van der Waals surface area contributed by atoms with Gasteiger partial charge in [-0.25, -0.2) is 0 Å². The Bertz CT molecular complexity index is 6.00. The van der Waals surface area contributed by atoms with Crippen LogP contribution < -0.4 is 0 Å². The van der Waals surface area contributed by atoms with Crippen molar-refractivity contribution in [2.45, 2.75) is 0 Å². The van der Waals surface area contributed by atoms with Crippen molar-refractivity contribution < 1.29 is 23.3 Å². The standard InChI is InChI=1S/Cl2O.Rh/c1-3-2;. The third-order valence-electron chi connectivity index (χ3n) is 0. The molecule has 0 aromatic carbocycles.